The maximum Gasteiger partial charge on any atom is 0.141 e. The van der Waals surface area contributed by atoms with Gasteiger partial charge in [0.2, 0.25) is 0 Å². The van der Waals surface area contributed by atoms with Crippen molar-refractivity contribution < 1.29 is 0 Å². The van der Waals surface area contributed by atoms with Gasteiger partial charge in [-0.3, -0.25) is 0 Å². The molecule has 1 aromatic carbocycles. The normalized spacial score (nSPS) is 11.8. The van der Waals surface area contributed by atoms with Crippen LogP contribution in [0.4, 0.5) is 5.69 Å². The highest BCUT2D eigenvalue weighted by Crippen LogP contribution is 2.32. The Labute approximate surface area is 94.0 Å². The molecule has 0 saturated heterocycles. The first-order valence-electron chi connectivity index (χ1n) is 5.34. The van der Waals surface area contributed by atoms with E-state index in [9.17, 15) is 0 Å². The van der Waals surface area contributed by atoms with Crippen LogP contribution in [0.1, 0.15) is 23.6 Å². The molecule has 0 fully saturated rings. The van der Waals surface area contributed by atoms with Gasteiger partial charge in [0.1, 0.15) is 16.7 Å². The van der Waals surface area contributed by atoms with Gasteiger partial charge in [0.05, 0.1) is 6.54 Å². The molecule has 0 radical (unpaired) electrons. The average Bonchev–Trinajstić information content (AvgIpc) is 2.75. The van der Waals surface area contributed by atoms with E-state index in [2.05, 4.69) is 32.6 Å². The van der Waals surface area contributed by atoms with Gasteiger partial charge in [0.15, 0.2) is 0 Å². The minimum Gasteiger partial charge on any atom is -0.197 e. The first kappa shape index (κ1) is 10.7. The Kier molecular flexibility index (Phi) is 2.68. The van der Waals surface area contributed by atoms with Crippen LogP contribution in [-0.4, -0.2) is 22.0 Å². The zero-order valence-corrected chi connectivity index (χ0v) is 10.00. The smallest absolute Gasteiger partial charge is 0.141 e. The zero-order chi connectivity index (χ0) is 11.7. The minimum absolute atomic E-state index is 0.672. The number of nitrogens with zero attached hydrogens (tertiary/aromatic N) is 4. The Hall–Kier alpha value is -1.78. The van der Waals surface area contributed by atoms with Crippen molar-refractivity contribution >= 4 is 16.7 Å². The second kappa shape index (κ2) is 4.00. The topological polar surface area (TPSA) is 66.3 Å². The summed E-state index contributed by atoms with van der Waals surface area (Å²) < 4.78 is 0. The number of hydrogen-bond donors (Lipinski definition) is 1. The van der Waals surface area contributed by atoms with Crippen molar-refractivity contribution in [3.63, 3.8) is 0 Å². The van der Waals surface area contributed by atoms with Crippen LogP contribution in [0.3, 0.4) is 0 Å². The predicted molar refractivity (Wildman–Crippen MR) is 63.2 cm³/mol. The van der Waals surface area contributed by atoms with E-state index in [1.54, 1.807) is 0 Å². The molecule has 0 spiro atoms. The summed E-state index contributed by atoms with van der Waals surface area (Å²) in [7, 11) is 0. The summed E-state index contributed by atoms with van der Waals surface area (Å²) >= 11 is 0. The Morgan fingerprint density at radius 1 is 1.00 bits per heavy atom. The van der Waals surface area contributed by atoms with Crippen molar-refractivity contribution in [3.8, 4) is 0 Å². The van der Waals surface area contributed by atoms with Crippen molar-refractivity contribution in [2.75, 3.05) is 6.54 Å². The highest BCUT2D eigenvalue weighted by Gasteiger charge is 2.14. The number of nitrogens with one attached hydrogen (secondary N) is 1. The molecule has 16 heavy (non-hydrogen) atoms. The van der Waals surface area contributed by atoms with Crippen LogP contribution in [0, 0.1) is 20.8 Å². The van der Waals surface area contributed by atoms with Crippen LogP contribution in [0.5, 0.6) is 0 Å². The predicted octanol–water partition coefficient (Wildman–Crippen LogP) is 2.99. The molecular weight excluding hydrogens is 202 g/mol. The molecule has 5 nitrogen and oxygen atoms in total. The first-order valence-corrected chi connectivity index (χ1v) is 5.34. The number of rotatable bonds is 2. The zero-order valence-electron chi connectivity index (χ0n) is 10.00. The number of aryl methyl sites for hydroxylation is 1. The molecule has 0 aliphatic heterocycles. The van der Waals surface area contributed by atoms with Crippen molar-refractivity contribution in [2.45, 2.75) is 27.7 Å². The number of aromatic nitrogens is 3. The number of fused-ring (bicyclic) bond motifs is 1. The van der Waals surface area contributed by atoms with E-state index in [0.29, 0.717) is 6.54 Å². The lowest BCUT2D eigenvalue weighted by molar-refractivity contribution is 0.956. The molecule has 5 heteroatoms. The third-order valence-corrected chi connectivity index (χ3v) is 2.92. The Morgan fingerprint density at radius 3 is 2.38 bits per heavy atom. The molecule has 0 aliphatic carbocycles. The molecule has 2 aromatic rings. The van der Waals surface area contributed by atoms with Crippen molar-refractivity contribution in [3.05, 3.63) is 16.7 Å². The molecule has 0 aliphatic rings. The third kappa shape index (κ3) is 1.48. The molecule has 0 atom stereocenters. The molecular formula is C11H15N5. The average molecular weight is 217 g/mol. The van der Waals surface area contributed by atoms with Gasteiger partial charge in [-0.1, -0.05) is 0 Å². The summed E-state index contributed by atoms with van der Waals surface area (Å²) in [4.78, 5) is 0. The van der Waals surface area contributed by atoms with E-state index < -0.39 is 0 Å². The molecule has 0 bridgehead atoms. The highest BCUT2D eigenvalue weighted by atomic mass is 15.3. The van der Waals surface area contributed by atoms with Gasteiger partial charge in [-0.2, -0.15) is 25.6 Å². The van der Waals surface area contributed by atoms with Crippen LogP contribution in [-0.2, 0) is 0 Å². The van der Waals surface area contributed by atoms with Gasteiger partial charge >= 0.3 is 0 Å². The highest BCUT2D eigenvalue weighted by molar-refractivity contribution is 5.91. The van der Waals surface area contributed by atoms with Crippen LogP contribution >= 0.6 is 0 Å². The van der Waals surface area contributed by atoms with E-state index in [-0.39, 0.29) is 0 Å². The van der Waals surface area contributed by atoms with E-state index in [4.69, 9.17) is 0 Å². The Morgan fingerprint density at radius 2 is 1.69 bits per heavy atom. The quantitative estimate of drug-likeness (QED) is 0.786. The maximum atomic E-state index is 4.23. The van der Waals surface area contributed by atoms with E-state index in [1.165, 1.54) is 5.56 Å². The molecule has 1 N–H and O–H groups in total. The summed E-state index contributed by atoms with van der Waals surface area (Å²) in [6, 6.07) is 0. The van der Waals surface area contributed by atoms with Crippen LogP contribution in [0.25, 0.3) is 11.0 Å². The maximum absolute atomic E-state index is 4.23. The van der Waals surface area contributed by atoms with Crippen molar-refractivity contribution in [1.82, 2.24) is 15.4 Å². The lowest BCUT2D eigenvalue weighted by atomic mass is 10.0. The standard InChI is InChI=1S/C11H15N5/c1-5-12-13-9-7(3)6(2)8(4)10-11(9)15-16-14-10/h5H2,1-4H3,(H,14,15,16). The molecule has 1 heterocycles. The fourth-order valence-electron chi connectivity index (χ4n) is 1.74. The van der Waals surface area contributed by atoms with Gasteiger partial charge in [0, 0.05) is 0 Å². The lowest BCUT2D eigenvalue weighted by Gasteiger charge is -2.07. The second-order valence-electron chi connectivity index (χ2n) is 3.80. The van der Waals surface area contributed by atoms with Crippen LogP contribution in [0.2, 0.25) is 0 Å². The molecule has 0 amide bonds. The molecule has 0 saturated carbocycles. The van der Waals surface area contributed by atoms with Crippen LogP contribution in [0.15, 0.2) is 10.2 Å². The van der Waals surface area contributed by atoms with Gasteiger partial charge < -0.3 is 0 Å². The summed E-state index contributed by atoms with van der Waals surface area (Å²) in [5, 5.41) is 19.2. The number of H-pyrrole nitrogens is 1. The van der Waals surface area contributed by atoms with E-state index in [0.717, 1.165) is 27.8 Å². The number of hydrogen-bond acceptors (Lipinski definition) is 4. The lowest BCUT2D eigenvalue weighted by Crippen LogP contribution is -1.90. The summed E-state index contributed by atoms with van der Waals surface area (Å²) in [6.45, 7) is 8.80. The van der Waals surface area contributed by atoms with Gasteiger partial charge in [-0.25, -0.2) is 0 Å². The molecule has 2 rings (SSSR count). The molecule has 0 unspecified atom stereocenters. The van der Waals surface area contributed by atoms with Gasteiger partial charge in [-0.15, -0.1) is 0 Å². The van der Waals surface area contributed by atoms with Crippen molar-refractivity contribution in [1.29, 1.82) is 0 Å². The van der Waals surface area contributed by atoms with Crippen LogP contribution < -0.4 is 0 Å². The molecule has 84 valence electrons. The molecule has 1 aromatic heterocycles. The number of aromatic amines is 1. The monoisotopic (exact) mass is 217 g/mol. The Balaban J connectivity index is 2.80. The Bertz CT molecular complexity index is 553. The first-order chi connectivity index (χ1) is 7.66. The fourth-order valence-corrected chi connectivity index (χ4v) is 1.74. The second-order valence-corrected chi connectivity index (χ2v) is 3.80. The fraction of sp³-hybridized carbons (Fsp3) is 0.455. The van der Waals surface area contributed by atoms with Gasteiger partial charge in [0.25, 0.3) is 0 Å². The van der Waals surface area contributed by atoms with Gasteiger partial charge in [-0.05, 0) is 44.4 Å². The number of benzene rings is 1. The van der Waals surface area contributed by atoms with E-state index >= 15 is 0 Å². The minimum atomic E-state index is 0.672. The SMILES string of the molecule is CCN=Nc1c(C)c(C)c(C)c2n[nH]nc12. The summed E-state index contributed by atoms with van der Waals surface area (Å²) in [6.07, 6.45) is 0. The number of azo groups is 1. The summed E-state index contributed by atoms with van der Waals surface area (Å²) in [5.74, 6) is 0. The van der Waals surface area contributed by atoms with Crippen molar-refractivity contribution in [2.24, 2.45) is 10.2 Å². The largest absolute Gasteiger partial charge is 0.197 e. The van der Waals surface area contributed by atoms with E-state index in [1.807, 2.05) is 20.8 Å². The third-order valence-electron chi connectivity index (χ3n) is 2.92. The summed E-state index contributed by atoms with van der Waals surface area (Å²) in [5.41, 5.74) is 5.99.